The Morgan fingerprint density at radius 2 is 1.86 bits per heavy atom. The molecule has 106 valence electrons. The van der Waals surface area contributed by atoms with Gasteiger partial charge in [0.1, 0.15) is 17.7 Å². The third-order valence-corrected chi connectivity index (χ3v) is 4.22. The first-order chi connectivity index (χ1) is 10.2. The van der Waals surface area contributed by atoms with Crippen LogP contribution in [0.1, 0.15) is 52.8 Å². The van der Waals surface area contributed by atoms with Crippen molar-refractivity contribution in [2.75, 3.05) is 0 Å². The Morgan fingerprint density at radius 1 is 1.05 bits per heavy atom. The number of halogens is 1. The van der Waals surface area contributed by atoms with E-state index in [9.17, 15) is 9.18 Å². The van der Waals surface area contributed by atoms with E-state index >= 15 is 0 Å². The highest BCUT2D eigenvalue weighted by Gasteiger charge is 2.29. The SMILES string of the molecule is O=C1CC(c2cccc(C3CC3)c2)Oc2cc(F)ccc21. The number of benzene rings is 2. The number of carbonyl (C=O) groups is 1. The molecule has 0 aromatic heterocycles. The van der Waals surface area contributed by atoms with Crippen LogP contribution in [0.5, 0.6) is 5.75 Å². The van der Waals surface area contributed by atoms with Crippen molar-refractivity contribution in [1.29, 1.82) is 0 Å². The predicted octanol–water partition coefficient (Wildman–Crippen LogP) is 4.41. The quantitative estimate of drug-likeness (QED) is 0.815. The fourth-order valence-corrected chi connectivity index (χ4v) is 2.91. The van der Waals surface area contributed by atoms with Gasteiger partial charge in [-0.2, -0.15) is 0 Å². The molecule has 0 amide bonds. The summed E-state index contributed by atoms with van der Waals surface area (Å²) in [6.07, 6.45) is 2.47. The zero-order valence-corrected chi connectivity index (χ0v) is 11.5. The molecule has 1 heterocycles. The Labute approximate surface area is 122 Å². The predicted molar refractivity (Wildman–Crippen MR) is 77.1 cm³/mol. The summed E-state index contributed by atoms with van der Waals surface area (Å²) in [6, 6.07) is 12.3. The Kier molecular flexibility index (Phi) is 2.81. The molecule has 2 nitrogen and oxygen atoms in total. The first-order valence-electron chi connectivity index (χ1n) is 7.30. The molecule has 2 aliphatic rings. The molecular formula is C18H15FO2. The number of carbonyl (C=O) groups excluding carboxylic acids is 1. The molecule has 0 saturated heterocycles. The van der Waals surface area contributed by atoms with Crippen LogP contribution in [0.15, 0.2) is 42.5 Å². The highest BCUT2D eigenvalue weighted by molar-refractivity contribution is 6.00. The highest BCUT2D eigenvalue weighted by atomic mass is 19.1. The van der Waals surface area contributed by atoms with E-state index in [-0.39, 0.29) is 17.7 Å². The maximum atomic E-state index is 13.3. The second-order valence-electron chi connectivity index (χ2n) is 5.82. The Hall–Kier alpha value is -2.16. The zero-order valence-electron chi connectivity index (χ0n) is 11.5. The zero-order chi connectivity index (χ0) is 14.4. The average molecular weight is 282 g/mol. The smallest absolute Gasteiger partial charge is 0.170 e. The molecule has 0 radical (unpaired) electrons. The first kappa shape index (κ1) is 12.6. The second kappa shape index (κ2) is 4.69. The van der Waals surface area contributed by atoms with Crippen LogP contribution in [0.2, 0.25) is 0 Å². The van der Waals surface area contributed by atoms with Gasteiger partial charge in [-0.05, 0) is 42.0 Å². The van der Waals surface area contributed by atoms with Gasteiger partial charge in [-0.15, -0.1) is 0 Å². The fourth-order valence-electron chi connectivity index (χ4n) is 2.91. The number of Topliss-reactive ketones (excluding diaryl/α,β-unsaturated/α-hetero) is 1. The summed E-state index contributed by atoms with van der Waals surface area (Å²) in [5, 5.41) is 0. The normalized spacial score (nSPS) is 20.8. The summed E-state index contributed by atoms with van der Waals surface area (Å²) in [6.45, 7) is 0. The molecule has 1 aliphatic carbocycles. The first-order valence-corrected chi connectivity index (χ1v) is 7.30. The topological polar surface area (TPSA) is 26.3 Å². The second-order valence-corrected chi connectivity index (χ2v) is 5.82. The molecule has 4 rings (SSSR count). The third kappa shape index (κ3) is 2.33. The van der Waals surface area contributed by atoms with Crippen molar-refractivity contribution >= 4 is 5.78 Å². The summed E-state index contributed by atoms with van der Waals surface area (Å²) >= 11 is 0. The number of ketones is 1. The fraction of sp³-hybridized carbons (Fsp3) is 0.278. The van der Waals surface area contributed by atoms with Crippen LogP contribution < -0.4 is 4.74 Å². The van der Waals surface area contributed by atoms with Crippen LogP contribution >= 0.6 is 0 Å². The molecule has 2 aromatic rings. The van der Waals surface area contributed by atoms with Crippen molar-refractivity contribution in [3.63, 3.8) is 0 Å². The molecule has 3 heteroatoms. The van der Waals surface area contributed by atoms with E-state index in [1.165, 1.54) is 36.6 Å². The highest BCUT2D eigenvalue weighted by Crippen LogP contribution is 2.42. The molecule has 0 spiro atoms. The lowest BCUT2D eigenvalue weighted by molar-refractivity contribution is 0.0849. The van der Waals surface area contributed by atoms with Gasteiger partial charge in [-0.1, -0.05) is 24.3 Å². The molecule has 1 aliphatic heterocycles. The van der Waals surface area contributed by atoms with E-state index in [2.05, 4.69) is 12.1 Å². The lowest BCUT2D eigenvalue weighted by Gasteiger charge is -2.25. The number of hydrogen-bond acceptors (Lipinski definition) is 2. The summed E-state index contributed by atoms with van der Waals surface area (Å²) < 4.78 is 19.2. The summed E-state index contributed by atoms with van der Waals surface area (Å²) in [7, 11) is 0. The van der Waals surface area contributed by atoms with Crippen LogP contribution in [-0.2, 0) is 0 Å². The average Bonchev–Trinajstić information content (AvgIpc) is 3.31. The van der Waals surface area contributed by atoms with E-state index in [1.807, 2.05) is 12.1 Å². The van der Waals surface area contributed by atoms with Crippen molar-refractivity contribution in [3.8, 4) is 5.75 Å². The Morgan fingerprint density at radius 3 is 2.67 bits per heavy atom. The molecule has 0 bridgehead atoms. The van der Waals surface area contributed by atoms with Gasteiger partial charge in [-0.3, -0.25) is 4.79 Å². The van der Waals surface area contributed by atoms with E-state index in [4.69, 9.17) is 4.74 Å². The minimum atomic E-state index is -0.381. The van der Waals surface area contributed by atoms with Crippen LogP contribution in [-0.4, -0.2) is 5.78 Å². The molecule has 21 heavy (non-hydrogen) atoms. The van der Waals surface area contributed by atoms with Gasteiger partial charge >= 0.3 is 0 Å². The molecular weight excluding hydrogens is 267 g/mol. The Bertz CT molecular complexity index is 719. The molecule has 1 fully saturated rings. The van der Waals surface area contributed by atoms with Crippen LogP contribution in [0, 0.1) is 5.82 Å². The third-order valence-electron chi connectivity index (χ3n) is 4.22. The molecule has 1 atom stereocenters. The molecule has 0 N–H and O–H groups in total. The van der Waals surface area contributed by atoms with Crippen LogP contribution in [0.4, 0.5) is 4.39 Å². The van der Waals surface area contributed by atoms with E-state index in [0.29, 0.717) is 23.7 Å². The van der Waals surface area contributed by atoms with E-state index in [0.717, 1.165) is 5.56 Å². The van der Waals surface area contributed by atoms with Gasteiger partial charge in [-0.25, -0.2) is 4.39 Å². The standard InChI is InChI=1S/C18H15FO2/c19-14-6-7-15-16(20)10-17(21-18(15)9-14)13-3-1-2-12(8-13)11-4-5-11/h1-3,6-9,11,17H,4-5,10H2. The molecule has 1 saturated carbocycles. The van der Waals surface area contributed by atoms with Crippen LogP contribution in [0.25, 0.3) is 0 Å². The lowest BCUT2D eigenvalue weighted by Crippen LogP contribution is -2.20. The maximum absolute atomic E-state index is 13.3. The number of rotatable bonds is 2. The van der Waals surface area contributed by atoms with Crippen molar-refractivity contribution in [1.82, 2.24) is 0 Å². The van der Waals surface area contributed by atoms with Crippen molar-refractivity contribution in [2.24, 2.45) is 0 Å². The van der Waals surface area contributed by atoms with Crippen molar-refractivity contribution in [3.05, 3.63) is 65.0 Å². The van der Waals surface area contributed by atoms with Gasteiger partial charge in [0.2, 0.25) is 0 Å². The van der Waals surface area contributed by atoms with Gasteiger partial charge in [0.25, 0.3) is 0 Å². The summed E-state index contributed by atoms with van der Waals surface area (Å²) in [5.41, 5.74) is 2.79. The van der Waals surface area contributed by atoms with Crippen LogP contribution in [0.3, 0.4) is 0 Å². The minimum Gasteiger partial charge on any atom is -0.484 e. The van der Waals surface area contributed by atoms with Crippen molar-refractivity contribution < 1.29 is 13.9 Å². The summed E-state index contributed by atoms with van der Waals surface area (Å²) in [4.78, 5) is 12.2. The Balaban J connectivity index is 1.68. The largest absolute Gasteiger partial charge is 0.484 e. The van der Waals surface area contributed by atoms with E-state index < -0.39 is 0 Å². The number of fused-ring (bicyclic) bond motifs is 1. The maximum Gasteiger partial charge on any atom is 0.170 e. The molecule has 1 unspecified atom stereocenters. The monoisotopic (exact) mass is 282 g/mol. The van der Waals surface area contributed by atoms with Gasteiger partial charge in [0, 0.05) is 6.07 Å². The van der Waals surface area contributed by atoms with Gasteiger partial charge in [0.05, 0.1) is 12.0 Å². The van der Waals surface area contributed by atoms with Gasteiger partial charge < -0.3 is 4.74 Å². The number of ether oxygens (including phenoxy) is 1. The van der Waals surface area contributed by atoms with Crippen molar-refractivity contribution in [2.45, 2.75) is 31.3 Å². The van der Waals surface area contributed by atoms with E-state index in [1.54, 1.807) is 0 Å². The summed E-state index contributed by atoms with van der Waals surface area (Å²) in [5.74, 6) is 0.647. The number of hydrogen-bond donors (Lipinski definition) is 0. The lowest BCUT2D eigenvalue weighted by atomic mass is 9.95. The van der Waals surface area contributed by atoms with Gasteiger partial charge in [0.15, 0.2) is 5.78 Å². The molecule has 2 aromatic carbocycles. The minimum absolute atomic E-state index is 0.0121.